The molecule has 2 N–H and O–H groups in total. The number of hydrogen-bond acceptors (Lipinski definition) is 7. The van der Waals surface area contributed by atoms with Gasteiger partial charge in [-0.05, 0) is 25.0 Å². The molecule has 0 bridgehead atoms. The number of aliphatic hydroxyl groups excluding tert-OH is 1. The van der Waals surface area contributed by atoms with Crippen LogP contribution in [0.2, 0.25) is 0 Å². The zero-order chi connectivity index (χ0) is 25.4. The molecule has 0 aromatic carbocycles. The predicted octanol–water partition coefficient (Wildman–Crippen LogP) is 3.00. The molecule has 1 aliphatic heterocycles. The van der Waals surface area contributed by atoms with Crippen LogP contribution in [0.3, 0.4) is 0 Å². The molecule has 1 saturated heterocycles. The quantitative estimate of drug-likeness (QED) is 0.378. The number of carbonyl (C=O) groups excluding carboxylic acids is 1. The number of aliphatic hydroxyl groups is 1. The Labute approximate surface area is 227 Å². The number of amides is 1. The van der Waals surface area contributed by atoms with Crippen molar-refractivity contribution in [3.05, 3.63) is 61.2 Å². The third-order valence-corrected chi connectivity index (χ3v) is 6.62. The largest absolute Gasteiger partial charge is 0.433 e. The van der Waals surface area contributed by atoms with E-state index in [0.717, 1.165) is 18.4 Å². The van der Waals surface area contributed by atoms with Crippen LogP contribution >= 0.6 is 0 Å². The van der Waals surface area contributed by atoms with Gasteiger partial charge < -0.3 is 27.2 Å². The number of anilines is 2. The van der Waals surface area contributed by atoms with Crippen LogP contribution in [-0.4, -0.2) is 65.0 Å². The Hall–Kier alpha value is -2.50. The number of hydrogen-bond donors (Lipinski definition) is 2. The van der Waals surface area contributed by atoms with E-state index in [9.17, 15) is 31.5 Å². The maximum atomic E-state index is 13.0. The smallest absolute Gasteiger partial charge is 0.393 e. The Bertz CT molecular complexity index is 1360. The maximum Gasteiger partial charge on any atom is 0.433 e. The molecule has 4 heterocycles. The SMILES string of the molecule is CS(=O)(=O)CCc1cn2cc(NC(=O)c3cccc(C(F)(F)F)n3)c(N3CCC(O)CC3)cc2n1.[CH3-].[W]. The van der Waals surface area contributed by atoms with Gasteiger partial charge in [0, 0.05) is 65.3 Å². The number of carbonyl (C=O) groups is 1. The van der Waals surface area contributed by atoms with E-state index in [-0.39, 0.29) is 46.4 Å². The zero-order valence-corrected chi connectivity index (χ0v) is 23.9. The molecular weight excluding hydrogens is 683 g/mol. The number of halogens is 3. The van der Waals surface area contributed by atoms with Gasteiger partial charge in [-0.15, -0.1) is 0 Å². The second-order valence-electron chi connectivity index (χ2n) is 8.53. The molecule has 0 unspecified atom stereocenters. The van der Waals surface area contributed by atoms with E-state index in [2.05, 4.69) is 15.3 Å². The summed E-state index contributed by atoms with van der Waals surface area (Å²) in [6.45, 7) is 1.01. The average Bonchev–Trinajstić information content (AvgIpc) is 3.19. The van der Waals surface area contributed by atoms with Crippen molar-refractivity contribution >= 4 is 32.8 Å². The molecule has 9 nitrogen and oxygen atoms in total. The van der Waals surface area contributed by atoms with Gasteiger partial charge in [-0.1, -0.05) is 6.07 Å². The summed E-state index contributed by atoms with van der Waals surface area (Å²) in [6, 6.07) is 4.82. The first kappa shape index (κ1) is 30.7. The van der Waals surface area contributed by atoms with Gasteiger partial charge in [-0.2, -0.15) is 13.2 Å². The summed E-state index contributed by atoms with van der Waals surface area (Å²) in [7, 11) is -3.18. The van der Waals surface area contributed by atoms with Crippen LogP contribution in [0.15, 0.2) is 36.7 Å². The molecule has 0 atom stereocenters. The number of sulfone groups is 1. The summed E-state index contributed by atoms with van der Waals surface area (Å²) < 4.78 is 63.8. The van der Waals surface area contributed by atoms with Crippen molar-refractivity contribution in [2.45, 2.75) is 31.5 Å². The van der Waals surface area contributed by atoms with Crippen molar-refractivity contribution in [1.82, 2.24) is 14.4 Å². The van der Waals surface area contributed by atoms with Crippen LogP contribution in [0.5, 0.6) is 0 Å². The van der Waals surface area contributed by atoms with Crippen molar-refractivity contribution < 1.29 is 52.6 Å². The molecule has 37 heavy (non-hydrogen) atoms. The molecule has 0 saturated carbocycles. The van der Waals surface area contributed by atoms with Crippen molar-refractivity contribution in [2.75, 3.05) is 35.3 Å². The molecule has 4 rings (SSSR count). The van der Waals surface area contributed by atoms with Gasteiger partial charge in [-0.25, -0.2) is 18.4 Å². The normalized spacial score (nSPS) is 14.7. The van der Waals surface area contributed by atoms with Crippen molar-refractivity contribution in [1.29, 1.82) is 0 Å². The number of rotatable bonds is 6. The molecule has 1 fully saturated rings. The summed E-state index contributed by atoms with van der Waals surface area (Å²) in [5.41, 5.74) is 0.411. The van der Waals surface area contributed by atoms with E-state index in [4.69, 9.17) is 0 Å². The van der Waals surface area contributed by atoms with Gasteiger partial charge in [0.1, 0.15) is 26.9 Å². The Balaban J connectivity index is 0.00000241. The van der Waals surface area contributed by atoms with E-state index in [1.807, 2.05) is 4.90 Å². The monoisotopic (exact) mass is 710 g/mol. The second-order valence-corrected chi connectivity index (χ2v) is 10.8. The number of piperidine rings is 1. The first-order valence-electron chi connectivity index (χ1n) is 10.9. The van der Waals surface area contributed by atoms with Crippen molar-refractivity contribution in [3.63, 3.8) is 0 Å². The minimum Gasteiger partial charge on any atom is -0.393 e. The molecule has 14 heteroatoms. The first-order chi connectivity index (χ1) is 16.4. The number of aromatic nitrogens is 3. The molecule has 0 radical (unpaired) electrons. The summed E-state index contributed by atoms with van der Waals surface area (Å²) in [6.07, 6.45) is 0.484. The van der Waals surface area contributed by atoms with E-state index < -0.39 is 33.7 Å². The van der Waals surface area contributed by atoms with Gasteiger partial charge in [0.25, 0.3) is 5.91 Å². The summed E-state index contributed by atoms with van der Waals surface area (Å²) in [4.78, 5) is 22.7. The van der Waals surface area contributed by atoms with Crippen LogP contribution in [0.4, 0.5) is 24.5 Å². The number of imidazole rings is 1. The van der Waals surface area contributed by atoms with E-state index in [0.29, 0.717) is 48.6 Å². The average molecular weight is 710 g/mol. The fourth-order valence-electron chi connectivity index (χ4n) is 3.86. The summed E-state index contributed by atoms with van der Waals surface area (Å²) in [5.74, 6) is -0.885. The Kier molecular flexibility index (Phi) is 9.89. The molecule has 3 aromatic rings. The van der Waals surface area contributed by atoms with Crippen LogP contribution in [0, 0.1) is 7.43 Å². The van der Waals surface area contributed by atoms with Crippen LogP contribution in [0.25, 0.3) is 5.65 Å². The van der Waals surface area contributed by atoms with E-state index in [1.165, 1.54) is 6.07 Å². The fourth-order valence-corrected chi connectivity index (χ4v) is 4.44. The Morgan fingerprint density at radius 3 is 2.49 bits per heavy atom. The van der Waals surface area contributed by atoms with Gasteiger partial charge in [0.05, 0.1) is 28.9 Å². The topological polar surface area (TPSA) is 117 Å². The van der Waals surface area contributed by atoms with Gasteiger partial charge >= 0.3 is 6.18 Å². The fraction of sp³-hybridized carbons (Fsp3) is 0.391. The van der Waals surface area contributed by atoms with Crippen molar-refractivity contribution in [2.24, 2.45) is 0 Å². The molecule has 3 aromatic heterocycles. The standard InChI is InChI=1S/C22H24F3N5O4S.CH3.W/c1-35(33,34)10-7-14-12-30-13-17(18(11-20(30)26-14)29-8-5-15(31)6-9-29)28-21(32)16-3-2-4-19(27-16)22(23,24)25;;/h2-4,11-13,15,31H,5-10H2,1H3,(H,28,32);1H3;/q;-1;. The minimum atomic E-state index is -4.69. The van der Waals surface area contributed by atoms with E-state index in [1.54, 1.807) is 22.9 Å². The Morgan fingerprint density at radius 1 is 1.19 bits per heavy atom. The molecule has 1 aliphatic rings. The zero-order valence-electron chi connectivity index (χ0n) is 20.2. The molecule has 1 amide bonds. The van der Waals surface area contributed by atoms with Gasteiger partial charge in [-0.3, -0.25) is 4.79 Å². The summed E-state index contributed by atoms with van der Waals surface area (Å²) in [5, 5.41) is 12.5. The molecule has 0 aliphatic carbocycles. The van der Waals surface area contributed by atoms with Crippen molar-refractivity contribution in [3.8, 4) is 0 Å². The number of alkyl halides is 3. The van der Waals surface area contributed by atoms with E-state index >= 15 is 0 Å². The molecule has 0 spiro atoms. The number of nitrogens with one attached hydrogen (secondary N) is 1. The number of fused-ring (bicyclic) bond motifs is 1. The van der Waals surface area contributed by atoms with Crippen LogP contribution < -0.4 is 10.2 Å². The second kappa shape index (κ2) is 11.9. The third-order valence-electron chi connectivity index (χ3n) is 5.68. The first-order valence-corrected chi connectivity index (χ1v) is 12.9. The minimum absolute atomic E-state index is 0. The predicted molar refractivity (Wildman–Crippen MR) is 130 cm³/mol. The molecular formula is C23H27F3N5O4SW-. The Morgan fingerprint density at radius 2 is 1.86 bits per heavy atom. The van der Waals surface area contributed by atoms with Gasteiger partial charge in [0.15, 0.2) is 0 Å². The third kappa shape index (κ3) is 7.75. The van der Waals surface area contributed by atoms with Gasteiger partial charge in [0.2, 0.25) is 0 Å². The summed E-state index contributed by atoms with van der Waals surface area (Å²) >= 11 is 0. The van der Waals surface area contributed by atoms with Crippen LogP contribution in [0.1, 0.15) is 34.7 Å². The maximum absolute atomic E-state index is 13.0. The number of pyridine rings is 2. The number of aryl methyl sites for hydroxylation is 1. The van der Waals surface area contributed by atoms with Crippen LogP contribution in [-0.2, 0) is 43.5 Å². The molecule has 202 valence electrons. The number of nitrogens with zero attached hydrogens (tertiary/aromatic N) is 4.